The number of hydrogen-bond acceptors (Lipinski definition) is 4. The third-order valence-electron chi connectivity index (χ3n) is 3.70. The Morgan fingerprint density at radius 1 is 1.25 bits per heavy atom. The average molecular weight is 277 g/mol. The summed E-state index contributed by atoms with van der Waals surface area (Å²) in [6.45, 7) is 6.25. The summed E-state index contributed by atoms with van der Waals surface area (Å²) in [7, 11) is 0. The zero-order valence-electron chi connectivity index (χ0n) is 11.6. The van der Waals surface area contributed by atoms with Crippen LogP contribution in [0.25, 0.3) is 0 Å². The molecule has 108 valence electrons. The maximum absolute atomic E-state index is 12.2. The van der Waals surface area contributed by atoms with E-state index in [0.29, 0.717) is 18.7 Å². The van der Waals surface area contributed by atoms with Crippen molar-refractivity contribution in [2.75, 3.05) is 32.7 Å². The standard InChI is InChI=1S/C14H19N3O3/c1-2-15-7-9-16(10-8-15)14(18)11-12-5-3-4-6-13(12)17(19)20/h3-6H,2,7-11H2,1H3. The molecule has 1 saturated heterocycles. The summed E-state index contributed by atoms with van der Waals surface area (Å²) >= 11 is 0. The predicted molar refractivity (Wildman–Crippen MR) is 75.5 cm³/mol. The maximum atomic E-state index is 12.2. The summed E-state index contributed by atoms with van der Waals surface area (Å²) in [6, 6.07) is 6.44. The first-order valence-electron chi connectivity index (χ1n) is 6.84. The van der Waals surface area contributed by atoms with Gasteiger partial charge in [0.2, 0.25) is 5.91 Å². The quantitative estimate of drug-likeness (QED) is 0.614. The van der Waals surface area contributed by atoms with Gasteiger partial charge in [-0.1, -0.05) is 25.1 Å². The van der Waals surface area contributed by atoms with Gasteiger partial charge in [0.25, 0.3) is 5.69 Å². The summed E-state index contributed by atoms with van der Waals surface area (Å²) in [5, 5.41) is 10.9. The molecule has 1 aliphatic rings. The maximum Gasteiger partial charge on any atom is 0.273 e. The molecule has 1 aromatic rings. The number of hydrogen-bond donors (Lipinski definition) is 0. The van der Waals surface area contributed by atoms with Crippen molar-refractivity contribution < 1.29 is 9.72 Å². The van der Waals surface area contributed by atoms with Crippen molar-refractivity contribution in [1.82, 2.24) is 9.80 Å². The Kier molecular flexibility index (Phi) is 4.68. The molecular formula is C14H19N3O3. The predicted octanol–water partition coefficient (Wildman–Crippen LogP) is 1.30. The van der Waals surface area contributed by atoms with E-state index in [1.54, 1.807) is 23.1 Å². The molecule has 0 radical (unpaired) electrons. The summed E-state index contributed by atoms with van der Waals surface area (Å²) in [5.74, 6) is -0.0324. The highest BCUT2D eigenvalue weighted by Crippen LogP contribution is 2.19. The minimum Gasteiger partial charge on any atom is -0.340 e. The highest BCUT2D eigenvalue weighted by atomic mass is 16.6. The van der Waals surface area contributed by atoms with Crippen molar-refractivity contribution >= 4 is 11.6 Å². The van der Waals surface area contributed by atoms with E-state index < -0.39 is 4.92 Å². The third-order valence-corrected chi connectivity index (χ3v) is 3.70. The fraction of sp³-hybridized carbons (Fsp3) is 0.500. The van der Waals surface area contributed by atoms with E-state index in [4.69, 9.17) is 0 Å². The molecule has 1 aromatic carbocycles. The number of carbonyl (C=O) groups is 1. The number of carbonyl (C=O) groups excluding carboxylic acids is 1. The van der Waals surface area contributed by atoms with Crippen molar-refractivity contribution in [3.05, 3.63) is 39.9 Å². The summed E-state index contributed by atoms with van der Waals surface area (Å²) < 4.78 is 0. The van der Waals surface area contributed by atoms with E-state index in [0.717, 1.165) is 19.6 Å². The molecule has 20 heavy (non-hydrogen) atoms. The zero-order chi connectivity index (χ0) is 14.5. The van der Waals surface area contributed by atoms with Crippen LogP contribution in [-0.4, -0.2) is 53.4 Å². The number of benzene rings is 1. The minimum atomic E-state index is -0.433. The van der Waals surface area contributed by atoms with Crippen LogP contribution in [0.1, 0.15) is 12.5 Å². The number of piperazine rings is 1. The van der Waals surface area contributed by atoms with Crippen LogP contribution in [0.2, 0.25) is 0 Å². The first-order chi connectivity index (χ1) is 9.61. The lowest BCUT2D eigenvalue weighted by Crippen LogP contribution is -2.48. The Balaban J connectivity index is 2.00. The topological polar surface area (TPSA) is 66.7 Å². The van der Waals surface area contributed by atoms with Crippen LogP contribution in [-0.2, 0) is 11.2 Å². The molecule has 0 unspecified atom stereocenters. The van der Waals surface area contributed by atoms with Gasteiger partial charge in [-0.2, -0.15) is 0 Å². The van der Waals surface area contributed by atoms with Gasteiger partial charge in [-0.3, -0.25) is 14.9 Å². The van der Waals surface area contributed by atoms with Crippen LogP contribution in [0.5, 0.6) is 0 Å². The molecule has 0 spiro atoms. The van der Waals surface area contributed by atoms with Gasteiger partial charge < -0.3 is 9.80 Å². The Labute approximate surface area is 118 Å². The van der Waals surface area contributed by atoms with Crippen LogP contribution in [0.4, 0.5) is 5.69 Å². The van der Waals surface area contributed by atoms with Gasteiger partial charge in [0, 0.05) is 37.8 Å². The van der Waals surface area contributed by atoms with Crippen LogP contribution >= 0.6 is 0 Å². The smallest absolute Gasteiger partial charge is 0.273 e. The third kappa shape index (κ3) is 3.33. The number of nitro benzene ring substituents is 1. The van der Waals surface area contributed by atoms with Crippen molar-refractivity contribution in [2.45, 2.75) is 13.3 Å². The van der Waals surface area contributed by atoms with E-state index >= 15 is 0 Å². The molecule has 6 nitrogen and oxygen atoms in total. The second-order valence-corrected chi connectivity index (χ2v) is 4.88. The van der Waals surface area contributed by atoms with Crippen molar-refractivity contribution in [1.29, 1.82) is 0 Å². The molecule has 0 N–H and O–H groups in total. The monoisotopic (exact) mass is 277 g/mol. The largest absolute Gasteiger partial charge is 0.340 e. The Hall–Kier alpha value is -1.95. The van der Waals surface area contributed by atoms with Crippen LogP contribution in [0, 0.1) is 10.1 Å². The fourth-order valence-corrected chi connectivity index (χ4v) is 2.43. The molecule has 6 heteroatoms. The van der Waals surface area contributed by atoms with Crippen LogP contribution in [0.3, 0.4) is 0 Å². The SMILES string of the molecule is CCN1CCN(C(=O)Cc2ccccc2[N+](=O)[O-])CC1. The highest BCUT2D eigenvalue weighted by Gasteiger charge is 2.22. The molecule has 1 aliphatic heterocycles. The lowest BCUT2D eigenvalue weighted by Gasteiger charge is -2.34. The summed E-state index contributed by atoms with van der Waals surface area (Å²) in [6.07, 6.45) is 0.100. The normalized spacial score (nSPS) is 16.1. The Morgan fingerprint density at radius 2 is 1.90 bits per heavy atom. The van der Waals surface area contributed by atoms with Crippen molar-refractivity contribution in [3.63, 3.8) is 0 Å². The van der Waals surface area contributed by atoms with Gasteiger partial charge in [0.1, 0.15) is 0 Å². The number of amides is 1. The molecule has 1 fully saturated rings. The number of nitro groups is 1. The van der Waals surface area contributed by atoms with Gasteiger partial charge in [0.15, 0.2) is 0 Å². The van der Waals surface area contributed by atoms with Gasteiger partial charge in [-0.15, -0.1) is 0 Å². The number of likely N-dealkylation sites (N-methyl/N-ethyl adjacent to an activating group) is 1. The Bertz CT molecular complexity index is 496. The van der Waals surface area contributed by atoms with Crippen molar-refractivity contribution in [3.8, 4) is 0 Å². The van der Waals surface area contributed by atoms with Gasteiger partial charge >= 0.3 is 0 Å². The highest BCUT2D eigenvalue weighted by molar-refractivity contribution is 5.80. The van der Waals surface area contributed by atoms with Crippen molar-refractivity contribution in [2.24, 2.45) is 0 Å². The second-order valence-electron chi connectivity index (χ2n) is 4.88. The van der Waals surface area contributed by atoms with Gasteiger partial charge in [-0.05, 0) is 6.54 Å². The molecule has 0 aromatic heterocycles. The molecule has 0 atom stereocenters. The van der Waals surface area contributed by atoms with E-state index in [9.17, 15) is 14.9 Å². The van der Waals surface area contributed by atoms with Gasteiger partial charge in [0.05, 0.1) is 11.3 Å². The first kappa shape index (κ1) is 14.5. The second kappa shape index (κ2) is 6.47. The summed E-state index contributed by atoms with van der Waals surface area (Å²) in [4.78, 5) is 26.8. The van der Waals surface area contributed by atoms with E-state index in [-0.39, 0.29) is 18.0 Å². The molecule has 1 heterocycles. The zero-order valence-corrected chi connectivity index (χ0v) is 11.6. The first-order valence-corrected chi connectivity index (χ1v) is 6.84. The Morgan fingerprint density at radius 3 is 2.50 bits per heavy atom. The van der Waals surface area contributed by atoms with E-state index in [2.05, 4.69) is 11.8 Å². The molecular weight excluding hydrogens is 258 g/mol. The number of para-hydroxylation sites is 1. The molecule has 0 bridgehead atoms. The molecule has 2 rings (SSSR count). The van der Waals surface area contributed by atoms with Crippen LogP contribution in [0.15, 0.2) is 24.3 Å². The molecule has 0 aliphatic carbocycles. The lowest BCUT2D eigenvalue weighted by molar-refractivity contribution is -0.385. The van der Waals surface area contributed by atoms with E-state index in [1.165, 1.54) is 6.07 Å². The molecule has 0 saturated carbocycles. The molecule has 1 amide bonds. The van der Waals surface area contributed by atoms with Crippen LogP contribution < -0.4 is 0 Å². The average Bonchev–Trinajstić information content (AvgIpc) is 2.47. The summed E-state index contributed by atoms with van der Waals surface area (Å²) in [5.41, 5.74) is 0.508. The fourth-order valence-electron chi connectivity index (χ4n) is 2.43. The number of rotatable bonds is 4. The van der Waals surface area contributed by atoms with E-state index in [1.807, 2.05) is 0 Å². The lowest BCUT2D eigenvalue weighted by atomic mass is 10.1. The minimum absolute atomic E-state index is 0.0213. The van der Waals surface area contributed by atoms with Gasteiger partial charge in [-0.25, -0.2) is 0 Å². The number of nitrogens with zero attached hydrogens (tertiary/aromatic N) is 3.